The molecule has 9 heteroatoms. The molecule has 0 spiro atoms. The number of nitrogens with one attached hydrogen (secondary N) is 3. The van der Waals surface area contributed by atoms with Crippen LogP contribution < -0.4 is 20.8 Å². The minimum atomic E-state index is -0.835. The van der Waals surface area contributed by atoms with E-state index in [1.165, 1.54) is 6.21 Å². The van der Waals surface area contributed by atoms with Crippen molar-refractivity contribution < 1.29 is 19.1 Å². The number of hydrogen-bond acceptors (Lipinski definition) is 5. The van der Waals surface area contributed by atoms with Crippen LogP contribution in [0.25, 0.3) is 0 Å². The van der Waals surface area contributed by atoms with Crippen LogP contribution in [0.1, 0.15) is 25.8 Å². The summed E-state index contributed by atoms with van der Waals surface area (Å²) in [7, 11) is 0. The highest BCUT2D eigenvalue weighted by atomic mass is 35.5. The average Bonchev–Trinajstić information content (AvgIpc) is 2.74. The number of anilines is 1. The normalized spacial score (nSPS) is 11.6. The van der Waals surface area contributed by atoms with Gasteiger partial charge in [-0.05, 0) is 67.4 Å². The topological polar surface area (TPSA) is 109 Å². The highest BCUT2D eigenvalue weighted by molar-refractivity contribution is 6.35. The van der Waals surface area contributed by atoms with E-state index < -0.39 is 11.8 Å². The van der Waals surface area contributed by atoms with Gasteiger partial charge in [0.15, 0.2) is 6.61 Å². The number of rotatable bonds is 8. The lowest BCUT2D eigenvalue weighted by Crippen LogP contribution is -2.41. The molecule has 0 aliphatic carbocycles. The van der Waals surface area contributed by atoms with E-state index in [2.05, 4.69) is 21.2 Å². The maximum absolute atomic E-state index is 11.9. The molecule has 0 heterocycles. The fourth-order valence-electron chi connectivity index (χ4n) is 2.14. The van der Waals surface area contributed by atoms with E-state index in [0.717, 1.165) is 6.42 Å². The van der Waals surface area contributed by atoms with Crippen LogP contribution in [0.4, 0.5) is 5.69 Å². The number of halogens is 1. The standard InChI is InChI=1S/C21H23ClN4O4/c1-3-14(2)24-20(28)21(29)26-23-12-15-4-10-18(11-5-15)30-13-19(27)25-17-8-6-16(22)7-9-17/h4-12,14H,3,13H2,1-2H3,(H,24,28)(H,25,27)(H,26,29)/b23-12-/t14-/m0/s1. The largest absolute Gasteiger partial charge is 0.484 e. The summed E-state index contributed by atoms with van der Waals surface area (Å²) in [4.78, 5) is 35.2. The molecule has 0 unspecified atom stereocenters. The smallest absolute Gasteiger partial charge is 0.329 e. The van der Waals surface area contributed by atoms with Crippen LogP contribution in [0.3, 0.4) is 0 Å². The minimum Gasteiger partial charge on any atom is -0.484 e. The van der Waals surface area contributed by atoms with Crippen LogP contribution in [0.2, 0.25) is 5.02 Å². The fraction of sp³-hybridized carbons (Fsp3) is 0.238. The molecule has 0 saturated heterocycles. The third-order valence-corrected chi connectivity index (χ3v) is 4.21. The summed E-state index contributed by atoms with van der Waals surface area (Å²) in [6, 6.07) is 13.4. The van der Waals surface area contributed by atoms with E-state index in [4.69, 9.17) is 16.3 Å². The lowest BCUT2D eigenvalue weighted by molar-refractivity contribution is -0.139. The second-order valence-corrected chi connectivity index (χ2v) is 6.83. The number of carbonyl (C=O) groups is 3. The highest BCUT2D eigenvalue weighted by Crippen LogP contribution is 2.14. The van der Waals surface area contributed by atoms with Gasteiger partial charge in [-0.15, -0.1) is 0 Å². The van der Waals surface area contributed by atoms with Crippen molar-refractivity contribution in [1.82, 2.24) is 10.7 Å². The van der Waals surface area contributed by atoms with Gasteiger partial charge in [0.1, 0.15) is 5.75 Å². The van der Waals surface area contributed by atoms with Gasteiger partial charge in [-0.3, -0.25) is 14.4 Å². The first kappa shape index (κ1) is 22.9. The first-order chi connectivity index (χ1) is 14.4. The molecule has 0 saturated carbocycles. The summed E-state index contributed by atoms with van der Waals surface area (Å²) in [5.41, 5.74) is 3.47. The third kappa shape index (κ3) is 7.92. The Kier molecular flexibility index (Phi) is 8.83. The first-order valence-corrected chi connectivity index (χ1v) is 9.67. The Balaban J connectivity index is 1.76. The molecule has 2 rings (SSSR count). The van der Waals surface area contributed by atoms with E-state index in [1.807, 2.05) is 6.92 Å². The quantitative estimate of drug-likeness (QED) is 0.340. The number of benzene rings is 2. The third-order valence-electron chi connectivity index (χ3n) is 3.95. The van der Waals surface area contributed by atoms with Gasteiger partial charge in [0, 0.05) is 16.8 Å². The lowest BCUT2D eigenvalue weighted by atomic mass is 10.2. The van der Waals surface area contributed by atoms with Crippen molar-refractivity contribution >= 4 is 41.2 Å². The molecule has 0 aromatic heterocycles. The molecule has 1 atom stereocenters. The van der Waals surface area contributed by atoms with Crippen LogP contribution in [0, 0.1) is 0 Å². The van der Waals surface area contributed by atoms with Crippen LogP contribution in [0.15, 0.2) is 53.6 Å². The molecular weight excluding hydrogens is 408 g/mol. The van der Waals surface area contributed by atoms with Gasteiger partial charge >= 0.3 is 11.8 Å². The molecule has 0 bridgehead atoms. The monoisotopic (exact) mass is 430 g/mol. The van der Waals surface area contributed by atoms with Crippen LogP contribution in [-0.2, 0) is 14.4 Å². The molecule has 30 heavy (non-hydrogen) atoms. The Morgan fingerprint density at radius 2 is 1.73 bits per heavy atom. The predicted octanol–water partition coefficient (Wildman–Crippen LogP) is 2.72. The van der Waals surface area contributed by atoms with Gasteiger partial charge in [-0.1, -0.05) is 18.5 Å². The molecule has 0 radical (unpaired) electrons. The van der Waals surface area contributed by atoms with E-state index >= 15 is 0 Å². The zero-order valence-corrected chi connectivity index (χ0v) is 17.4. The summed E-state index contributed by atoms with van der Waals surface area (Å²) in [5, 5.41) is 9.58. The molecule has 3 N–H and O–H groups in total. The lowest BCUT2D eigenvalue weighted by Gasteiger charge is -2.09. The predicted molar refractivity (Wildman–Crippen MR) is 116 cm³/mol. The van der Waals surface area contributed by atoms with E-state index in [1.54, 1.807) is 55.5 Å². The van der Waals surface area contributed by atoms with Crippen molar-refractivity contribution in [3.63, 3.8) is 0 Å². The maximum Gasteiger partial charge on any atom is 0.329 e. The zero-order valence-electron chi connectivity index (χ0n) is 16.6. The van der Waals surface area contributed by atoms with E-state index in [-0.39, 0.29) is 18.6 Å². The summed E-state index contributed by atoms with van der Waals surface area (Å²) >= 11 is 5.80. The minimum absolute atomic E-state index is 0.0898. The number of carbonyl (C=O) groups excluding carboxylic acids is 3. The molecule has 3 amide bonds. The van der Waals surface area contributed by atoms with Gasteiger partial charge in [-0.2, -0.15) is 5.10 Å². The van der Waals surface area contributed by atoms with Crippen molar-refractivity contribution in [2.24, 2.45) is 5.10 Å². The Morgan fingerprint density at radius 1 is 1.07 bits per heavy atom. The SMILES string of the molecule is CC[C@H](C)NC(=O)C(=O)N/N=C\c1ccc(OCC(=O)Nc2ccc(Cl)cc2)cc1. The summed E-state index contributed by atoms with van der Waals surface area (Å²) in [5.74, 6) is -1.38. The molecule has 2 aromatic carbocycles. The van der Waals surface area contributed by atoms with Gasteiger partial charge in [0.05, 0.1) is 6.21 Å². The Hall–Kier alpha value is -3.39. The van der Waals surface area contributed by atoms with Crippen LogP contribution in [0.5, 0.6) is 5.75 Å². The van der Waals surface area contributed by atoms with Crippen molar-refractivity contribution in [2.45, 2.75) is 26.3 Å². The second kappa shape index (κ2) is 11.6. The van der Waals surface area contributed by atoms with Crippen LogP contribution >= 0.6 is 11.6 Å². The van der Waals surface area contributed by atoms with Crippen LogP contribution in [-0.4, -0.2) is 36.6 Å². The Bertz CT molecular complexity index is 898. The number of ether oxygens (including phenoxy) is 1. The molecule has 0 aliphatic rings. The first-order valence-electron chi connectivity index (χ1n) is 9.29. The Morgan fingerprint density at radius 3 is 2.37 bits per heavy atom. The van der Waals surface area contributed by atoms with Crippen molar-refractivity contribution in [3.05, 3.63) is 59.1 Å². The number of amides is 3. The van der Waals surface area contributed by atoms with Gasteiger partial charge < -0.3 is 15.4 Å². The van der Waals surface area contributed by atoms with E-state index in [0.29, 0.717) is 22.0 Å². The summed E-state index contributed by atoms with van der Waals surface area (Å²) < 4.78 is 5.44. The highest BCUT2D eigenvalue weighted by Gasteiger charge is 2.14. The van der Waals surface area contributed by atoms with Gasteiger partial charge in [0.2, 0.25) is 0 Å². The van der Waals surface area contributed by atoms with Crippen molar-refractivity contribution in [2.75, 3.05) is 11.9 Å². The molecule has 8 nitrogen and oxygen atoms in total. The number of hydrazone groups is 1. The van der Waals surface area contributed by atoms with E-state index in [9.17, 15) is 14.4 Å². The fourth-order valence-corrected chi connectivity index (χ4v) is 2.26. The summed E-state index contributed by atoms with van der Waals surface area (Å²) in [6.45, 7) is 3.55. The van der Waals surface area contributed by atoms with Crippen molar-refractivity contribution in [3.8, 4) is 5.75 Å². The number of hydrogen-bond donors (Lipinski definition) is 3. The molecule has 0 fully saturated rings. The zero-order chi connectivity index (χ0) is 21.9. The number of nitrogens with zero attached hydrogens (tertiary/aromatic N) is 1. The Labute approximate surface area is 179 Å². The maximum atomic E-state index is 11.9. The summed E-state index contributed by atoms with van der Waals surface area (Å²) in [6.07, 6.45) is 2.12. The average molecular weight is 431 g/mol. The molecule has 0 aliphatic heterocycles. The van der Waals surface area contributed by atoms with Crippen molar-refractivity contribution in [1.29, 1.82) is 0 Å². The van der Waals surface area contributed by atoms with Gasteiger partial charge in [0.25, 0.3) is 5.91 Å². The molecular formula is C21H23ClN4O4. The molecule has 2 aromatic rings. The van der Waals surface area contributed by atoms with Gasteiger partial charge in [-0.25, -0.2) is 5.43 Å². The second-order valence-electron chi connectivity index (χ2n) is 6.39. The molecule has 158 valence electrons.